The van der Waals surface area contributed by atoms with Crippen molar-refractivity contribution in [3.63, 3.8) is 0 Å². The van der Waals surface area contributed by atoms with Crippen molar-refractivity contribution in [2.24, 2.45) is 0 Å². The van der Waals surface area contributed by atoms with Crippen LogP contribution in [0.15, 0.2) is 67.4 Å². The molecule has 2 fully saturated rings. The lowest BCUT2D eigenvalue weighted by molar-refractivity contribution is -0.126. The predicted molar refractivity (Wildman–Crippen MR) is 171 cm³/mol. The average molecular weight is 597 g/mol. The van der Waals surface area contributed by atoms with Gasteiger partial charge in [0, 0.05) is 75.4 Å². The maximum Gasteiger partial charge on any atom is 0.326 e. The molecule has 0 radical (unpaired) electrons. The van der Waals surface area contributed by atoms with E-state index >= 15 is 0 Å². The van der Waals surface area contributed by atoms with E-state index in [1.54, 1.807) is 12.0 Å². The quantitative estimate of drug-likeness (QED) is 0.389. The Morgan fingerprint density at radius 2 is 1.82 bits per heavy atom. The third-order valence-electron chi connectivity index (χ3n) is 8.74. The smallest absolute Gasteiger partial charge is 0.326 e. The zero-order valence-electron chi connectivity index (χ0n) is 25.5. The third-order valence-corrected chi connectivity index (χ3v) is 8.74. The molecule has 0 unspecified atom stereocenters. The summed E-state index contributed by atoms with van der Waals surface area (Å²) < 4.78 is 5.76. The number of hydrogen-bond donors (Lipinski definition) is 1. The van der Waals surface area contributed by atoms with Crippen LogP contribution in [0.1, 0.15) is 24.0 Å². The van der Waals surface area contributed by atoms with E-state index in [0.717, 1.165) is 48.7 Å². The van der Waals surface area contributed by atoms with Crippen LogP contribution in [0.2, 0.25) is 0 Å². The summed E-state index contributed by atoms with van der Waals surface area (Å²) in [4.78, 5) is 46.0. The molecule has 1 aromatic heterocycles. The van der Waals surface area contributed by atoms with Crippen LogP contribution in [-0.4, -0.2) is 96.1 Å². The molecule has 0 bridgehead atoms. The van der Waals surface area contributed by atoms with E-state index in [1.807, 2.05) is 58.5 Å². The van der Waals surface area contributed by atoms with Crippen LogP contribution in [0, 0.1) is 0 Å². The largest absolute Gasteiger partial charge is 0.494 e. The first-order valence-corrected chi connectivity index (χ1v) is 15.2. The van der Waals surface area contributed by atoms with E-state index in [2.05, 4.69) is 39.8 Å². The first-order chi connectivity index (χ1) is 21.4. The van der Waals surface area contributed by atoms with Gasteiger partial charge in [-0.15, -0.1) is 0 Å². The number of benzene rings is 2. The van der Waals surface area contributed by atoms with Crippen molar-refractivity contribution in [1.29, 1.82) is 0 Å². The van der Waals surface area contributed by atoms with Gasteiger partial charge >= 0.3 is 6.03 Å². The monoisotopic (exact) mass is 596 g/mol. The number of ether oxygens (including phenoxy) is 1. The van der Waals surface area contributed by atoms with E-state index in [0.29, 0.717) is 56.5 Å². The Balaban J connectivity index is 1.27. The molecule has 3 aliphatic rings. The minimum absolute atomic E-state index is 0.0825. The van der Waals surface area contributed by atoms with E-state index in [4.69, 9.17) is 9.72 Å². The lowest BCUT2D eigenvalue weighted by atomic mass is 10.0. The SMILES string of the molecule is C=CC(=O)N1CCC(N2C(=O)N(Cc3ccccc3)Cc3cnc(Nc4ccc(N5CCN(C)CC5)cc4OC)nc32)CC1. The predicted octanol–water partition coefficient (Wildman–Crippen LogP) is 4.10. The van der Waals surface area contributed by atoms with Crippen LogP contribution in [0.5, 0.6) is 5.75 Å². The molecule has 11 nitrogen and oxygen atoms in total. The van der Waals surface area contributed by atoms with Gasteiger partial charge in [0.15, 0.2) is 0 Å². The number of likely N-dealkylation sites (tertiary alicyclic amines) is 1. The number of anilines is 4. The van der Waals surface area contributed by atoms with Crippen molar-refractivity contribution < 1.29 is 14.3 Å². The lowest BCUT2D eigenvalue weighted by Crippen LogP contribution is -2.55. The van der Waals surface area contributed by atoms with E-state index in [9.17, 15) is 9.59 Å². The number of hydrogen-bond acceptors (Lipinski definition) is 8. The molecule has 1 N–H and O–H groups in total. The van der Waals surface area contributed by atoms with E-state index < -0.39 is 0 Å². The number of methoxy groups -OCH3 is 1. The molecule has 2 aromatic carbocycles. The molecule has 2 saturated heterocycles. The Morgan fingerprint density at radius 3 is 2.52 bits per heavy atom. The number of nitrogens with one attached hydrogen (secondary N) is 1. The molecule has 11 heteroatoms. The van der Waals surface area contributed by atoms with Gasteiger partial charge in [0.05, 0.1) is 19.3 Å². The van der Waals surface area contributed by atoms with Crippen molar-refractivity contribution >= 4 is 35.1 Å². The molecule has 230 valence electrons. The lowest BCUT2D eigenvalue weighted by Gasteiger charge is -2.43. The molecule has 0 atom stereocenters. The molecule has 0 spiro atoms. The highest BCUT2D eigenvalue weighted by Gasteiger charge is 2.38. The Hall–Kier alpha value is -4.64. The summed E-state index contributed by atoms with van der Waals surface area (Å²) in [5.74, 6) is 1.62. The molecule has 3 aliphatic heterocycles. The Bertz CT molecular complexity index is 1500. The fourth-order valence-electron chi connectivity index (χ4n) is 6.19. The van der Waals surface area contributed by atoms with Gasteiger partial charge in [0.25, 0.3) is 0 Å². The molecule has 3 amide bonds. The molecule has 4 heterocycles. The van der Waals surface area contributed by atoms with Gasteiger partial charge in [0.2, 0.25) is 11.9 Å². The zero-order valence-corrected chi connectivity index (χ0v) is 25.5. The second-order valence-corrected chi connectivity index (χ2v) is 11.6. The number of piperidine rings is 1. The summed E-state index contributed by atoms with van der Waals surface area (Å²) in [6.07, 6.45) is 4.46. The van der Waals surface area contributed by atoms with Crippen molar-refractivity contribution in [2.75, 3.05) is 68.5 Å². The molecule has 0 saturated carbocycles. The topological polar surface area (TPSA) is 97.4 Å². The van der Waals surface area contributed by atoms with Crippen molar-refractivity contribution in [3.05, 3.63) is 78.5 Å². The molecule has 3 aromatic rings. The average Bonchev–Trinajstić information content (AvgIpc) is 3.06. The number of fused-ring (bicyclic) bond motifs is 1. The fourth-order valence-corrected chi connectivity index (χ4v) is 6.19. The van der Waals surface area contributed by atoms with Crippen LogP contribution in [-0.2, 0) is 17.9 Å². The normalized spacial score (nSPS) is 17.8. The van der Waals surface area contributed by atoms with Gasteiger partial charge in [-0.3, -0.25) is 9.69 Å². The van der Waals surface area contributed by atoms with Gasteiger partial charge in [-0.05, 0) is 43.7 Å². The summed E-state index contributed by atoms with van der Waals surface area (Å²) >= 11 is 0. The summed E-state index contributed by atoms with van der Waals surface area (Å²) in [7, 11) is 3.80. The van der Waals surface area contributed by atoms with Crippen LogP contribution in [0.25, 0.3) is 0 Å². The van der Waals surface area contributed by atoms with Gasteiger partial charge in [-0.2, -0.15) is 4.98 Å². The van der Waals surface area contributed by atoms with Crippen LogP contribution in [0.3, 0.4) is 0 Å². The molecular formula is C33H40N8O3. The van der Waals surface area contributed by atoms with Crippen molar-refractivity contribution in [2.45, 2.75) is 32.0 Å². The zero-order chi connectivity index (χ0) is 30.6. The minimum atomic E-state index is -0.103. The number of aromatic nitrogens is 2. The molecule has 0 aliphatic carbocycles. The van der Waals surface area contributed by atoms with Gasteiger partial charge < -0.3 is 29.7 Å². The Morgan fingerprint density at radius 1 is 1.07 bits per heavy atom. The maximum atomic E-state index is 14.1. The number of carbonyl (C=O) groups excluding carboxylic acids is 2. The Kier molecular flexibility index (Phi) is 8.65. The number of likely N-dealkylation sites (N-methyl/N-ethyl adjacent to an activating group) is 1. The van der Waals surface area contributed by atoms with Crippen molar-refractivity contribution in [3.8, 4) is 5.75 Å². The summed E-state index contributed by atoms with van der Waals surface area (Å²) in [5, 5.41) is 3.34. The number of nitrogens with zero attached hydrogens (tertiary/aromatic N) is 7. The van der Waals surface area contributed by atoms with E-state index in [1.165, 1.54) is 6.08 Å². The number of urea groups is 1. The highest BCUT2D eigenvalue weighted by molar-refractivity contribution is 5.94. The summed E-state index contributed by atoms with van der Waals surface area (Å²) in [5.41, 5.74) is 3.81. The van der Waals surface area contributed by atoms with E-state index in [-0.39, 0.29) is 18.0 Å². The molecule has 44 heavy (non-hydrogen) atoms. The second kappa shape index (κ2) is 12.9. The highest BCUT2D eigenvalue weighted by Crippen LogP contribution is 2.35. The standard InChI is InChI=1S/C33H40N8O3/c1-4-30(42)39-14-12-26(13-15-39)41-31-25(23-40(33(41)43)22-24-8-6-5-7-9-24)21-34-32(36-31)35-28-11-10-27(20-29(28)44-3)38-18-16-37(2)17-19-38/h4-11,20-21,26H,1,12-19,22-23H2,2-3H3,(H,34,35,36). The first-order valence-electron chi connectivity index (χ1n) is 15.2. The van der Waals surface area contributed by atoms with Gasteiger partial charge in [-0.1, -0.05) is 36.9 Å². The van der Waals surface area contributed by atoms with Gasteiger partial charge in [-0.25, -0.2) is 9.78 Å². The summed E-state index contributed by atoms with van der Waals surface area (Å²) in [6.45, 7) is 9.61. The van der Waals surface area contributed by atoms with Crippen molar-refractivity contribution in [1.82, 2.24) is 24.7 Å². The Labute approximate surface area is 258 Å². The van der Waals surface area contributed by atoms with Crippen LogP contribution >= 0.6 is 0 Å². The minimum Gasteiger partial charge on any atom is -0.494 e. The number of piperazine rings is 1. The fraction of sp³-hybridized carbons (Fsp3) is 0.394. The molecule has 6 rings (SSSR count). The number of rotatable bonds is 8. The first kappa shape index (κ1) is 29.4. The van der Waals surface area contributed by atoms with Crippen LogP contribution in [0.4, 0.5) is 27.9 Å². The second-order valence-electron chi connectivity index (χ2n) is 11.6. The van der Waals surface area contributed by atoms with Crippen LogP contribution < -0.4 is 19.9 Å². The third kappa shape index (κ3) is 6.19. The molecular weight excluding hydrogens is 556 g/mol. The maximum absolute atomic E-state index is 14.1. The number of carbonyl (C=O) groups is 2. The number of amides is 3. The van der Waals surface area contributed by atoms with Gasteiger partial charge in [0.1, 0.15) is 11.6 Å². The highest BCUT2D eigenvalue weighted by atomic mass is 16.5. The summed E-state index contributed by atoms with van der Waals surface area (Å²) in [6, 6.07) is 15.9.